The van der Waals surface area contributed by atoms with Gasteiger partial charge in [0.2, 0.25) is 0 Å². The molecule has 0 N–H and O–H groups in total. The fourth-order valence-corrected chi connectivity index (χ4v) is 9.29. The molecular weight excluding hydrogens is 713 g/mol. The maximum absolute atomic E-state index is 2.51. The van der Waals surface area contributed by atoms with Crippen molar-refractivity contribution in [2.24, 2.45) is 0 Å². The Labute approximate surface area is 348 Å². The molecule has 0 saturated carbocycles. The van der Waals surface area contributed by atoms with Gasteiger partial charge in [0.15, 0.2) is 0 Å². The summed E-state index contributed by atoms with van der Waals surface area (Å²) in [6, 6.07) is 76.7. The van der Waals surface area contributed by atoms with Crippen molar-refractivity contribution >= 4 is 44.9 Å². The minimum absolute atomic E-state index is 0.638. The summed E-state index contributed by atoms with van der Waals surface area (Å²) < 4.78 is 0. The van der Waals surface area contributed by atoms with Crippen molar-refractivity contribution in [3.05, 3.63) is 251 Å². The number of fused-ring (bicyclic) bond motifs is 5. The number of nitrogens with zero attached hydrogens (tertiary/aromatic N) is 2. The topological polar surface area (TPSA) is 6.48 Å². The number of hydrogen-bond acceptors (Lipinski definition) is 2. The van der Waals surface area contributed by atoms with E-state index in [2.05, 4.69) is 244 Å². The van der Waals surface area contributed by atoms with Gasteiger partial charge in [-0.15, -0.1) is 0 Å². The highest BCUT2D eigenvalue weighted by molar-refractivity contribution is 6.11. The van der Waals surface area contributed by atoms with E-state index in [1.807, 2.05) is 0 Å². The first-order valence-electron chi connectivity index (χ1n) is 20.6. The van der Waals surface area contributed by atoms with Crippen LogP contribution in [0.3, 0.4) is 0 Å². The van der Waals surface area contributed by atoms with Crippen LogP contribution in [0, 0.1) is 27.7 Å². The molecule has 9 aromatic rings. The second kappa shape index (κ2) is 14.7. The predicted octanol–water partition coefficient (Wildman–Crippen LogP) is 15.4. The van der Waals surface area contributed by atoms with Crippen LogP contribution in [0.2, 0.25) is 0 Å². The molecule has 0 aliphatic heterocycles. The van der Waals surface area contributed by atoms with Crippen LogP contribution in [-0.2, 0) is 5.41 Å². The largest absolute Gasteiger partial charge is 0.310 e. The summed E-state index contributed by atoms with van der Waals surface area (Å²) in [7, 11) is 0. The summed E-state index contributed by atoms with van der Waals surface area (Å²) in [5.41, 5.74) is 18.6. The van der Waals surface area contributed by atoms with Crippen molar-refractivity contribution in [3.8, 4) is 11.1 Å². The van der Waals surface area contributed by atoms with Crippen LogP contribution in [0.1, 0.15) is 44.5 Å². The molecule has 0 bridgehead atoms. The zero-order chi connectivity index (χ0) is 40.1. The molecule has 0 aromatic heterocycles. The zero-order valence-electron chi connectivity index (χ0n) is 34.0. The quantitative estimate of drug-likeness (QED) is 0.152. The number of aryl methyl sites for hydroxylation is 4. The van der Waals surface area contributed by atoms with Crippen LogP contribution in [-0.4, -0.2) is 0 Å². The molecule has 2 nitrogen and oxygen atoms in total. The van der Waals surface area contributed by atoms with E-state index >= 15 is 0 Å². The van der Waals surface area contributed by atoms with Crippen molar-refractivity contribution < 1.29 is 0 Å². The van der Waals surface area contributed by atoms with Crippen LogP contribution in [0.5, 0.6) is 0 Å². The first-order valence-corrected chi connectivity index (χ1v) is 20.6. The normalized spacial score (nSPS) is 12.5. The van der Waals surface area contributed by atoms with Crippen molar-refractivity contribution in [2.45, 2.75) is 33.1 Å². The van der Waals surface area contributed by atoms with Gasteiger partial charge in [-0.05, 0) is 133 Å². The molecule has 10 rings (SSSR count). The first-order chi connectivity index (χ1) is 28.9. The highest BCUT2D eigenvalue weighted by atomic mass is 15.1. The molecule has 0 fully saturated rings. The van der Waals surface area contributed by atoms with E-state index in [-0.39, 0.29) is 0 Å². The van der Waals surface area contributed by atoms with E-state index < -0.39 is 5.41 Å². The second-order valence-corrected chi connectivity index (χ2v) is 16.1. The van der Waals surface area contributed by atoms with Gasteiger partial charge in [-0.1, -0.05) is 162 Å². The molecule has 2 heteroatoms. The van der Waals surface area contributed by atoms with Crippen LogP contribution in [0.25, 0.3) is 21.9 Å². The van der Waals surface area contributed by atoms with Crippen LogP contribution in [0.4, 0.5) is 34.1 Å². The summed E-state index contributed by atoms with van der Waals surface area (Å²) in [5.74, 6) is 0. The molecule has 284 valence electrons. The lowest BCUT2D eigenvalue weighted by Gasteiger charge is -2.36. The lowest BCUT2D eigenvalue weighted by molar-refractivity contribution is 0.769. The third-order valence-electron chi connectivity index (χ3n) is 12.2. The van der Waals surface area contributed by atoms with E-state index in [0.29, 0.717) is 0 Å². The van der Waals surface area contributed by atoms with Crippen LogP contribution >= 0.6 is 0 Å². The van der Waals surface area contributed by atoms with E-state index in [9.17, 15) is 0 Å². The van der Waals surface area contributed by atoms with E-state index in [0.717, 1.165) is 34.1 Å². The van der Waals surface area contributed by atoms with Crippen molar-refractivity contribution in [3.63, 3.8) is 0 Å². The third-order valence-corrected chi connectivity index (χ3v) is 12.2. The monoisotopic (exact) mass is 758 g/mol. The summed E-state index contributed by atoms with van der Waals surface area (Å²) in [5, 5.41) is 2.45. The molecule has 0 saturated heterocycles. The molecule has 0 spiro atoms. The van der Waals surface area contributed by atoms with Gasteiger partial charge in [0.05, 0.1) is 11.1 Å². The number of anilines is 6. The van der Waals surface area contributed by atoms with Gasteiger partial charge in [0, 0.05) is 33.8 Å². The van der Waals surface area contributed by atoms with E-state index in [1.54, 1.807) is 0 Å². The molecule has 0 atom stereocenters. The molecule has 59 heavy (non-hydrogen) atoms. The Morgan fingerprint density at radius 3 is 1.17 bits per heavy atom. The SMILES string of the molecule is Cc1ccc(N(c2ccc(C)cc2)c2ccc3c(c2)C(c2ccccc2)(c2ccccc2)c2cc(N(c4ccc(C)cc4)c4ccc(C)cc4)c4ccccc4c2-3)cc1. The second-order valence-electron chi connectivity index (χ2n) is 16.1. The molecule has 0 amide bonds. The maximum atomic E-state index is 2.51. The Kier molecular flexibility index (Phi) is 8.99. The van der Waals surface area contributed by atoms with Crippen LogP contribution in [0.15, 0.2) is 206 Å². The van der Waals surface area contributed by atoms with Crippen molar-refractivity contribution in [1.82, 2.24) is 0 Å². The Morgan fingerprint density at radius 2 is 0.712 bits per heavy atom. The molecule has 0 unspecified atom stereocenters. The Morgan fingerprint density at radius 1 is 0.322 bits per heavy atom. The van der Waals surface area contributed by atoms with Gasteiger partial charge >= 0.3 is 0 Å². The lowest BCUT2D eigenvalue weighted by Crippen LogP contribution is -2.29. The summed E-state index contributed by atoms with van der Waals surface area (Å²) in [4.78, 5) is 4.86. The van der Waals surface area contributed by atoms with Gasteiger partial charge in [0.25, 0.3) is 0 Å². The summed E-state index contributed by atoms with van der Waals surface area (Å²) in [6.07, 6.45) is 0. The summed E-state index contributed by atoms with van der Waals surface area (Å²) in [6.45, 7) is 8.61. The van der Waals surface area contributed by atoms with Crippen LogP contribution < -0.4 is 9.80 Å². The standard InChI is InChI=1S/C57H46N2/c1-39-19-27-45(28-20-39)58(46-29-21-40(2)22-30-46)49-35-36-52-53(37-49)57(43-13-7-5-8-14-43,44-15-9-6-10-16-44)54-38-55(50-17-11-12-18-51(50)56(52)54)59(47-31-23-41(3)24-32-47)48-33-25-42(4)26-34-48/h5-38H,1-4H3. The smallest absolute Gasteiger partial charge is 0.0715 e. The van der Waals surface area contributed by atoms with E-state index in [4.69, 9.17) is 0 Å². The number of rotatable bonds is 8. The molecular formula is C57H46N2. The highest BCUT2D eigenvalue weighted by Crippen LogP contribution is 2.60. The zero-order valence-corrected chi connectivity index (χ0v) is 34.0. The Bertz CT molecular complexity index is 2800. The number of benzene rings is 9. The van der Waals surface area contributed by atoms with E-state index in [1.165, 1.54) is 66.4 Å². The van der Waals surface area contributed by atoms with Gasteiger partial charge in [-0.2, -0.15) is 0 Å². The molecule has 1 aliphatic carbocycles. The van der Waals surface area contributed by atoms with Gasteiger partial charge in [-0.25, -0.2) is 0 Å². The van der Waals surface area contributed by atoms with Crippen molar-refractivity contribution in [2.75, 3.05) is 9.80 Å². The fourth-order valence-electron chi connectivity index (χ4n) is 9.29. The third kappa shape index (κ3) is 6.11. The first kappa shape index (κ1) is 36.2. The Balaban J connectivity index is 1.32. The molecule has 9 aromatic carbocycles. The van der Waals surface area contributed by atoms with Gasteiger partial charge in [0.1, 0.15) is 0 Å². The van der Waals surface area contributed by atoms with Gasteiger partial charge in [-0.3, -0.25) is 0 Å². The molecule has 0 radical (unpaired) electrons. The number of hydrogen-bond donors (Lipinski definition) is 0. The van der Waals surface area contributed by atoms with Crippen molar-refractivity contribution in [1.29, 1.82) is 0 Å². The maximum Gasteiger partial charge on any atom is 0.0715 e. The highest BCUT2D eigenvalue weighted by Gasteiger charge is 2.48. The lowest BCUT2D eigenvalue weighted by atomic mass is 9.67. The molecule has 1 aliphatic rings. The minimum Gasteiger partial charge on any atom is -0.310 e. The average Bonchev–Trinajstić information content (AvgIpc) is 3.57. The minimum atomic E-state index is -0.638. The average molecular weight is 759 g/mol. The molecule has 0 heterocycles. The predicted molar refractivity (Wildman–Crippen MR) is 250 cm³/mol. The fraction of sp³-hybridized carbons (Fsp3) is 0.0877. The summed E-state index contributed by atoms with van der Waals surface area (Å²) >= 11 is 0. The van der Waals surface area contributed by atoms with Gasteiger partial charge < -0.3 is 9.80 Å². The Hall–Kier alpha value is -7.16.